The van der Waals surface area contributed by atoms with E-state index in [1.807, 2.05) is 29.2 Å². The Morgan fingerprint density at radius 3 is 2.33 bits per heavy atom. The lowest BCUT2D eigenvalue weighted by atomic mass is 10.0. The van der Waals surface area contributed by atoms with E-state index < -0.39 is 0 Å². The molecule has 1 N–H and O–H groups in total. The van der Waals surface area contributed by atoms with E-state index in [0.29, 0.717) is 11.6 Å². The van der Waals surface area contributed by atoms with Gasteiger partial charge in [0, 0.05) is 42.7 Å². The molecule has 7 heteroatoms. The van der Waals surface area contributed by atoms with Gasteiger partial charge in [-0.15, -0.1) is 0 Å². The molecule has 2 aliphatic rings. The van der Waals surface area contributed by atoms with Crippen molar-refractivity contribution in [2.24, 2.45) is 5.92 Å². The zero-order chi connectivity index (χ0) is 23.5. The number of nitrogens with one attached hydrogen (secondary N) is 1. The summed E-state index contributed by atoms with van der Waals surface area (Å²) in [5.41, 5.74) is 1.94. The fourth-order valence-corrected chi connectivity index (χ4v) is 4.59. The zero-order valence-corrected chi connectivity index (χ0v) is 19.9. The molecular weight excluding hydrogens is 441 g/mol. The van der Waals surface area contributed by atoms with E-state index in [1.54, 1.807) is 12.1 Å². The minimum Gasteiger partial charge on any atom is -0.349 e. The Kier molecular flexibility index (Phi) is 7.35. The van der Waals surface area contributed by atoms with E-state index in [4.69, 9.17) is 11.6 Å². The van der Waals surface area contributed by atoms with Crippen molar-refractivity contribution in [2.45, 2.75) is 57.8 Å². The highest BCUT2D eigenvalue weighted by atomic mass is 35.5. The number of carbonyl (C=O) groups is 2. The first kappa shape index (κ1) is 23.7. The van der Waals surface area contributed by atoms with Gasteiger partial charge in [-0.3, -0.25) is 14.5 Å². The summed E-state index contributed by atoms with van der Waals surface area (Å²) in [4.78, 5) is 30.1. The molecule has 1 aliphatic carbocycles. The molecule has 4 rings (SSSR count). The van der Waals surface area contributed by atoms with Crippen LogP contribution < -0.4 is 5.32 Å². The summed E-state index contributed by atoms with van der Waals surface area (Å²) in [6.07, 6.45) is 2.05. The molecule has 1 aliphatic heterocycles. The zero-order valence-electron chi connectivity index (χ0n) is 19.1. The van der Waals surface area contributed by atoms with Crippen molar-refractivity contribution >= 4 is 23.4 Å². The molecule has 0 spiro atoms. The molecule has 5 nitrogen and oxygen atoms in total. The van der Waals surface area contributed by atoms with Crippen molar-refractivity contribution in [2.75, 3.05) is 13.1 Å². The Morgan fingerprint density at radius 1 is 1.03 bits per heavy atom. The summed E-state index contributed by atoms with van der Waals surface area (Å²) < 4.78 is 13.2. The fourth-order valence-electron chi connectivity index (χ4n) is 4.46. The monoisotopic (exact) mass is 471 g/mol. The maximum Gasteiger partial charge on any atom is 0.225 e. The van der Waals surface area contributed by atoms with Crippen LogP contribution in [0.2, 0.25) is 5.02 Å². The highest BCUT2D eigenvalue weighted by Crippen LogP contribution is 2.31. The van der Waals surface area contributed by atoms with E-state index >= 15 is 0 Å². The molecule has 1 heterocycles. The number of nitrogens with zero attached hydrogens (tertiary/aromatic N) is 2. The minimum absolute atomic E-state index is 0.0216. The number of carbonyl (C=O) groups excluding carboxylic acids is 2. The third kappa shape index (κ3) is 6.12. The number of amides is 2. The van der Waals surface area contributed by atoms with Crippen LogP contribution in [-0.4, -0.2) is 46.8 Å². The molecule has 1 saturated heterocycles. The second-order valence-electron chi connectivity index (χ2n) is 9.39. The van der Waals surface area contributed by atoms with E-state index in [0.717, 1.165) is 37.1 Å². The van der Waals surface area contributed by atoms with Gasteiger partial charge in [0.1, 0.15) is 5.82 Å². The topological polar surface area (TPSA) is 52.7 Å². The van der Waals surface area contributed by atoms with E-state index in [9.17, 15) is 14.0 Å². The van der Waals surface area contributed by atoms with E-state index in [-0.39, 0.29) is 48.1 Å². The summed E-state index contributed by atoms with van der Waals surface area (Å²) >= 11 is 6.04. The highest BCUT2D eigenvalue weighted by molar-refractivity contribution is 6.30. The summed E-state index contributed by atoms with van der Waals surface area (Å²) in [6.45, 7) is 6.25. The van der Waals surface area contributed by atoms with Crippen LogP contribution in [0.4, 0.5) is 4.39 Å². The van der Waals surface area contributed by atoms with Crippen LogP contribution >= 0.6 is 11.6 Å². The average molecular weight is 472 g/mol. The molecule has 3 atom stereocenters. The van der Waals surface area contributed by atoms with Crippen LogP contribution in [0, 0.1) is 11.7 Å². The maximum absolute atomic E-state index is 13.4. The van der Waals surface area contributed by atoms with Gasteiger partial charge in [-0.1, -0.05) is 35.9 Å². The van der Waals surface area contributed by atoms with Crippen molar-refractivity contribution < 1.29 is 14.0 Å². The fraction of sp³-hybridized carbons (Fsp3) is 0.462. The number of piperazine rings is 1. The molecule has 2 aromatic carbocycles. The lowest BCUT2D eigenvalue weighted by Gasteiger charge is -2.44. The van der Waals surface area contributed by atoms with Gasteiger partial charge in [-0.05, 0) is 62.1 Å². The number of benzene rings is 2. The van der Waals surface area contributed by atoms with Crippen LogP contribution in [0.25, 0.3) is 0 Å². The van der Waals surface area contributed by atoms with Crippen LogP contribution in [0.5, 0.6) is 0 Å². The van der Waals surface area contributed by atoms with Gasteiger partial charge < -0.3 is 10.2 Å². The molecule has 33 heavy (non-hydrogen) atoms. The van der Waals surface area contributed by atoms with Crippen LogP contribution in [0.15, 0.2) is 48.5 Å². The molecule has 0 aromatic heterocycles. The summed E-state index contributed by atoms with van der Waals surface area (Å²) in [5.74, 6) is -0.108. The van der Waals surface area contributed by atoms with Crippen molar-refractivity contribution in [1.82, 2.24) is 15.1 Å². The SMILES string of the molecule is CC1CN(C(=O)CC(NC(=O)C2CC2)c2ccc(Cl)cc2)C(C)CN1Cc1ccc(F)cc1. The van der Waals surface area contributed by atoms with Gasteiger partial charge in [0.25, 0.3) is 0 Å². The predicted molar refractivity (Wildman–Crippen MR) is 127 cm³/mol. The highest BCUT2D eigenvalue weighted by Gasteiger charge is 2.35. The van der Waals surface area contributed by atoms with E-state index in [1.165, 1.54) is 12.1 Å². The smallest absolute Gasteiger partial charge is 0.225 e. The molecule has 1 saturated carbocycles. The average Bonchev–Trinajstić information content (AvgIpc) is 3.63. The Hall–Kier alpha value is -2.44. The molecule has 2 fully saturated rings. The second kappa shape index (κ2) is 10.2. The molecule has 2 amide bonds. The minimum atomic E-state index is -0.373. The molecule has 3 unspecified atom stereocenters. The first-order valence-electron chi connectivity index (χ1n) is 11.6. The number of rotatable bonds is 7. The Labute approximate surface area is 199 Å². The maximum atomic E-state index is 13.4. The van der Waals surface area contributed by atoms with Crippen LogP contribution in [-0.2, 0) is 16.1 Å². The number of halogens is 2. The lowest BCUT2D eigenvalue weighted by molar-refractivity contribution is -0.138. The largest absolute Gasteiger partial charge is 0.349 e. The quantitative estimate of drug-likeness (QED) is 0.644. The van der Waals surface area contributed by atoms with Gasteiger partial charge in [0.15, 0.2) is 0 Å². The molecule has 176 valence electrons. The van der Waals surface area contributed by atoms with Crippen LogP contribution in [0.1, 0.15) is 50.3 Å². The third-order valence-corrected chi connectivity index (χ3v) is 6.90. The van der Waals surface area contributed by atoms with Gasteiger partial charge in [0.05, 0.1) is 12.5 Å². The third-order valence-electron chi connectivity index (χ3n) is 6.65. The van der Waals surface area contributed by atoms with Crippen LogP contribution in [0.3, 0.4) is 0 Å². The van der Waals surface area contributed by atoms with Crippen molar-refractivity contribution in [3.05, 3.63) is 70.5 Å². The van der Waals surface area contributed by atoms with Gasteiger partial charge in [-0.2, -0.15) is 0 Å². The summed E-state index contributed by atoms with van der Waals surface area (Å²) in [7, 11) is 0. The van der Waals surface area contributed by atoms with Crippen molar-refractivity contribution in [3.8, 4) is 0 Å². The Balaban J connectivity index is 1.41. The lowest BCUT2D eigenvalue weighted by Crippen LogP contribution is -2.58. The van der Waals surface area contributed by atoms with Gasteiger partial charge in [0.2, 0.25) is 11.8 Å². The molecular formula is C26H31ClFN3O2. The summed E-state index contributed by atoms with van der Waals surface area (Å²) in [5, 5.41) is 3.71. The first-order valence-corrected chi connectivity index (χ1v) is 12.0. The number of hydrogen-bond donors (Lipinski definition) is 1. The molecule has 0 radical (unpaired) electrons. The Morgan fingerprint density at radius 2 is 1.70 bits per heavy atom. The van der Waals surface area contributed by atoms with Gasteiger partial charge >= 0.3 is 0 Å². The standard InChI is InChI=1S/C26H31ClFN3O2/c1-17-15-31(18(2)14-30(17)16-19-3-11-23(28)12-4-19)25(32)13-24(29-26(33)21-5-6-21)20-7-9-22(27)10-8-20/h3-4,7-12,17-18,21,24H,5-6,13-16H2,1-2H3,(H,29,33). The van der Waals surface area contributed by atoms with Crippen molar-refractivity contribution in [1.29, 1.82) is 0 Å². The summed E-state index contributed by atoms with van der Waals surface area (Å²) in [6, 6.07) is 13.7. The van der Waals surface area contributed by atoms with Gasteiger partial charge in [-0.25, -0.2) is 4.39 Å². The predicted octanol–water partition coefficient (Wildman–Crippen LogP) is 4.56. The van der Waals surface area contributed by atoms with E-state index in [2.05, 4.69) is 24.1 Å². The molecule has 2 aromatic rings. The molecule has 0 bridgehead atoms. The first-order chi connectivity index (χ1) is 15.8. The van der Waals surface area contributed by atoms with Crippen molar-refractivity contribution in [3.63, 3.8) is 0 Å². The normalized spacial score (nSPS) is 22.1. The number of hydrogen-bond acceptors (Lipinski definition) is 3. The second-order valence-corrected chi connectivity index (χ2v) is 9.83. The Bertz CT molecular complexity index is 978.